The van der Waals surface area contributed by atoms with E-state index in [-0.39, 0.29) is 24.0 Å². The van der Waals surface area contributed by atoms with E-state index >= 15 is 0 Å². The molecule has 0 aromatic carbocycles. The lowest BCUT2D eigenvalue weighted by atomic mass is 9.91. The summed E-state index contributed by atoms with van der Waals surface area (Å²) in [5.74, 6) is -0.134. The van der Waals surface area contributed by atoms with Gasteiger partial charge in [0.15, 0.2) is 0 Å². The molecule has 0 heterocycles. The van der Waals surface area contributed by atoms with E-state index in [1.807, 2.05) is 0 Å². The second-order valence-corrected chi connectivity index (χ2v) is 11.8. The number of ketones is 2. The highest BCUT2D eigenvalue weighted by molar-refractivity contribution is 6.02. The molecule has 0 fully saturated rings. The van der Waals surface area contributed by atoms with Crippen molar-refractivity contribution in [1.82, 2.24) is 0 Å². The van der Waals surface area contributed by atoms with Gasteiger partial charge in [-0.25, -0.2) is 0 Å². The molecule has 0 amide bonds. The van der Waals surface area contributed by atoms with Gasteiger partial charge in [0.25, 0.3) is 0 Å². The molecule has 0 unspecified atom stereocenters. The van der Waals surface area contributed by atoms with Crippen LogP contribution in [-0.2, 0) is 9.59 Å². The third kappa shape index (κ3) is 27.2. The highest BCUT2D eigenvalue weighted by Crippen LogP contribution is 2.16. The Morgan fingerprint density at radius 1 is 0.421 bits per heavy atom. The normalized spacial score (nSPS) is 11.2. The summed E-state index contributed by atoms with van der Waals surface area (Å²) in [5.41, 5.74) is 3.91. The Morgan fingerprint density at radius 2 is 0.632 bits per heavy atom. The van der Waals surface area contributed by atoms with Crippen LogP contribution in [0.2, 0.25) is 0 Å². The van der Waals surface area contributed by atoms with E-state index in [1.165, 1.54) is 141 Å². The van der Waals surface area contributed by atoms with E-state index in [4.69, 9.17) is 0 Å². The number of halogens is 1. The standard InChI is InChI=1S/C34H67NO2.ClH/c1-3-5-7-9-11-13-15-17-19-21-23-25-27-29-33(36)32(31-35)34(37)30-28-26-24-22-20-18-16-14-12-10-8-6-4-2;/h32H,3-31,35H2,1-2H3;1H. The SMILES string of the molecule is CCCCCCCCCCCCCCCC(=O)C(C[NH3+])C(=O)CCCCCCCCCCCCCCC.[Cl-]. The summed E-state index contributed by atoms with van der Waals surface area (Å²) < 4.78 is 0. The molecule has 0 aliphatic carbocycles. The molecule has 3 N–H and O–H groups in total. The molecule has 0 atom stereocenters. The molecule has 0 bridgehead atoms. The second-order valence-electron chi connectivity index (χ2n) is 11.8. The number of carbonyl (C=O) groups excluding carboxylic acids is 2. The fourth-order valence-electron chi connectivity index (χ4n) is 5.48. The minimum atomic E-state index is -0.436. The number of Topliss-reactive ketones (excluding diaryl/α,β-unsaturated/α-hetero) is 2. The van der Waals surface area contributed by atoms with Gasteiger partial charge in [-0.05, 0) is 12.8 Å². The van der Waals surface area contributed by atoms with Crippen molar-refractivity contribution in [3.05, 3.63) is 0 Å². The summed E-state index contributed by atoms with van der Waals surface area (Å²) in [7, 11) is 0. The largest absolute Gasteiger partial charge is 1.00 e. The van der Waals surface area contributed by atoms with Gasteiger partial charge < -0.3 is 18.1 Å². The maximum atomic E-state index is 12.6. The molecule has 38 heavy (non-hydrogen) atoms. The van der Waals surface area contributed by atoms with Gasteiger partial charge >= 0.3 is 0 Å². The predicted octanol–water partition coefficient (Wildman–Crippen LogP) is 6.95. The monoisotopic (exact) mass is 557 g/mol. The Labute approximate surface area is 245 Å². The van der Waals surface area contributed by atoms with Crippen LogP contribution >= 0.6 is 0 Å². The van der Waals surface area contributed by atoms with Crippen molar-refractivity contribution >= 4 is 11.6 Å². The van der Waals surface area contributed by atoms with E-state index in [9.17, 15) is 9.59 Å². The van der Waals surface area contributed by atoms with E-state index in [0.717, 1.165) is 25.7 Å². The van der Waals surface area contributed by atoms with Gasteiger partial charge in [-0.2, -0.15) is 0 Å². The van der Waals surface area contributed by atoms with Crippen molar-refractivity contribution in [2.45, 2.75) is 194 Å². The molecule has 0 aromatic heterocycles. The maximum Gasteiger partial charge on any atom is 0.149 e. The third-order valence-electron chi connectivity index (χ3n) is 8.12. The smallest absolute Gasteiger partial charge is 0.149 e. The number of hydrogen-bond acceptors (Lipinski definition) is 2. The molecule has 0 aromatic rings. The summed E-state index contributed by atoms with van der Waals surface area (Å²) in [6, 6.07) is 0. The lowest BCUT2D eigenvalue weighted by molar-refractivity contribution is -0.372. The third-order valence-corrected chi connectivity index (χ3v) is 8.12. The van der Waals surface area contributed by atoms with Gasteiger partial charge in [-0.15, -0.1) is 0 Å². The lowest BCUT2D eigenvalue weighted by Gasteiger charge is -2.11. The van der Waals surface area contributed by atoms with E-state index < -0.39 is 5.92 Å². The molecule has 0 aliphatic heterocycles. The molecule has 3 nitrogen and oxygen atoms in total. The van der Waals surface area contributed by atoms with Crippen LogP contribution in [0.5, 0.6) is 0 Å². The fraction of sp³-hybridized carbons (Fsp3) is 0.941. The lowest BCUT2D eigenvalue weighted by Crippen LogP contribution is -3.00. The number of hydrogen-bond donors (Lipinski definition) is 1. The highest BCUT2D eigenvalue weighted by atomic mass is 35.5. The van der Waals surface area contributed by atoms with Gasteiger partial charge in [0, 0.05) is 12.8 Å². The van der Waals surface area contributed by atoms with Crippen molar-refractivity contribution in [3.8, 4) is 0 Å². The summed E-state index contributed by atoms with van der Waals surface area (Å²) in [5, 5.41) is 0. The van der Waals surface area contributed by atoms with Crippen molar-refractivity contribution in [1.29, 1.82) is 0 Å². The molecule has 228 valence electrons. The molecule has 0 saturated heterocycles. The van der Waals surface area contributed by atoms with Crippen LogP contribution in [0, 0.1) is 5.92 Å². The van der Waals surface area contributed by atoms with Gasteiger partial charge in [-0.1, -0.05) is 168 Å². The van der Waals surface area contributed by atoms with Gasteiger partial charge in [0.05, 0.1) is 6.54 Å². The van der Waals surface area contributed by atoms with Gasteiger partial charge in [-0.3, -0.25) is 9.59 Å². The number of rotatable bonds is 31. The van der Waals surface area contributed by atoms with Crippen molar-refractivity contribution < 1.29 is 27.7 Å². The average Bonchev–Trinajstić information content (AvgIpc) is 2.90. The Morgan fingerprint density at radius 3 is 0.842 bits per heavy atom. The number of unbranched alkanes of at least 4 members (excludes halogenated alkanes) is 24. The summed E-state index contributed by atoms with van der Waals surface area (Å²) in [6.07, 6.45) is 35.2. The molecule has 0 aliphatic rings. The molecular weight excluding hydrogens is 490 g/mol. The Bertz CT molecular complexity index is 455. The minimum Gasteiger partial charge on any atom is -1.00 e. The van der Waals surface area contributed by atoms with Crippen LogP contribution in [0.1, 0.15) is 194 Å². The maximum absolute atomic E-state index is 12.6. The second kappa shape index (κ2) is 32.8. The first-order chi connectivity index (χ1) is 18.2. The van der Waals surface area contributed by atoms with Crippen LogP contribution < -0.4 is 18.1 Å². The molecule has 0 rings (SSSR count). The van der Waals surface area contributed by atoms with Crippen LogP contribution in [-0.4, -0.2) is 18.1 Å². The minimum absolute atomic E-state index is 0. The molecule has 4 heteroatoms. The average molecular weight is 558 g/mol. The zero-order chi connectivity index (χ0) is 27.2. The molecule has 0 saturated carbocycles. The molecule has 0 radical (unpaired) electrons. The van der Waals surface area contributed by atoms with Crippen molar-refractivity contribution in [2.75, 3.05) is 6.54 Å². The Kier molecular flexibility index (Phi) is 34.3. The zero-order valence-corrected chi connectivity index (χ0v) is 26.7. The first kappa shape index (κ1) is 39.7. The van der Waals surface area contributed by atoms with Gasteiger partial charge in [0.1, 0.15) is 17.5 Å². The summed E-state index contributed by atoms with van der Waals surface area (Å²) >= 11 is 0. The highest BCUT2D eigenvalue weighted by Gasteiger charge is 2.25. The van der Waals surface area contributed by atoms with Gasteiger partial charge in [0.2, 0.25) is 0 Å². The van der Waals surface area contributed by atoms with Crippen LogP contribution in [0.25, 0.3) is 0 Å². The van der Waals surface area contributed by atoms with Crippen LogP contribution in [0.3, 0.4) is 0 Å². The summed E-state index contributed by atoms with van der Waals surface area (Å²) in [4.78, 5) is 25.2. The van der Waals surface area contributed by atoms with E-state index in [1.54, 1.807) is 0 Å². The topological polar surface area (TPSA) is 61.8 Å². The summed E-state index contributed by atoms with van der Waals surface area (Å²) in [6.45, 7) is 4.99. The van der Waals surface area contributed by atoms with Crippen LogP contribution in [0.4, 0.5) is 0 Å². The first-order valence-corrected chi connectivity index (χ1v) is 17.0. The fourth-order valence-corrected chi connectivity index (χ4v) is 5.48. The predicted molar refractivity (Wildman–Crippen MR) is 162 cm³/mol. The van der Waals surface area contributed by atoms with Crippen molar-refractivity contribution in [3.63, 3.8) is 0 Å². The quantitative estimate of drug-likeness (QED) is 0.0740. The zero-order valence-electron chi connectivity index (χ0n) is 26.0. The first-order valence-electron chi connectivity index (χ1n) is 17.0. The number of quaternary nitrogens is 1. The van der Waals surface area contributed by atoms with Crippen molar-refractivity contribution in [2.24, 2.45) is 5.92 Å². The number of carbonyl (C=O) groups is 2. The molecule has 0 spiro atoms. The molecular formula is C34H68ClNO2. The van der Waals surface area contributed by atoms with E-state index in [2.05, 4.69) is 19.6 Å². The van der Waals surface area contributed by atoms with E-state index in [0.29, 0.717) is 19.4 Å². The van der Waals surface area contributed by atoms with Crippen LogP contribution in [0.15, 0.2) is 0 Å². The Balaban J connectivity index is 0. The Hall–Kier alpha value is -0.410.